The van der Waals surface area contributed by atoms with E-state index >= 15 is 0 Å². The summed E-state index contributed by atoms with van der Waals surface area (Å²) in [7, 11) is 4.47. The van der Waals surface area contributed by atoms with E-state index in [9.17, 15) is 9.59 Å². The van der Waals surface area contributed by atoms with Crippen molar-refractivity contribution in [2.45, 2.75) is 19.9 Å². The maximum atomic E-state index is 13.6. The van der Waals surface area contributed by atoms with Gasteiger partial charge in [-0.25, -0.2) is 9.79 Å². The number of carbonyl (C=O) groups is 1. The summed E-state index contributed by atoms with van der Waals surface area (Å²) in [5.74, 6) is 1.35. The quantitative estimate of drug-likeness (QED) is 0.470. The zero-order valence-corrected chi connectivity index (χ0v) is 21.0. The molecule has 0 N–H and O–H groups in total. The van der Waals surface area contributed by atoms with Crippen LogP contribution in [0.3, 0.4) is 0 Å². The molecule has 35 heavy (non-hydrogen) atoms. The third kappa shape index (κ3) is 4.59. The van der Waals surface area contributed by atoms with Crippen LogP contribution in [0.1, 0.15) is 31.0 Å². The molecular formula is C26H26N2O6S. The lowest BCUT2D eigenvalue weighted by atomic mass is 9.96. The minimum absolute atomic E-state index is 0.253. The van der Waals surface area contributed by atoms with Crippen LogP contribution in [0.4, 0.5) is 0 Å². The first kappa shape index (κ1) is 24.3. The van der Waals surface area contributed by atoms with Crippen molar-refractivity contribution in [2.75, 3.05) is 27.9 Å². The first-order valence-corrected chi connectivity index (χ1v) is 11.8. The topological polar surface area (TPSA) is 88.4 Å². The molecule has 1 aromatic heterocycles. The Morgan fingerprint density at radius 2 is 1.83 bits per heavy atom. The fourth-order valence-electron chi connectivity index (χ4n) is 3.99. The molecule has 0 spiro atoms. The second-order valence-corrected chi connectivity index (χ2v) is 8.70. The summed E-state index contributed by atoms with van der Waals surface area (Å²) in [5, 5.41) is 0. The number of methoxy groups -OCH3 is 3. The number of fused-ring (bicyclic) bond motifs is 1. The Kier molecular flexibility index (Phi) is 7.07. The van der Waals surface area contributed by atoms with Gasteiger partial charge in [0.25, 0.3) is 5.56 Å². The van der Waals surface area contributed by atoms with Crippen LogP contribution < -0.4 is 29.1 Å². The standard InChI is InChI=1S/C26H26N2O6S/c1-6-34-19-12-7-16(13-20(19)32-4)14-21-24(29)28-23(17-8-10-18(31-3)11-9-17)22(25(30)33-5)15(2)27-26(28)35-21/h7-14,23H,6H2,1-5H3/b21-14+/t23-/m1/s1. The van der Waals surface area contributed by atoms with E-state index < -0.39 is 12.0 Å². The van der Waals surface area contributed by atoms with Gasteiger partial charge in [-0.1, -0.05) is 29.5 Å². The zero-order valence-electron chi connectivity index (χ0n) is 20.2. The van der Waals surface area contributed by atoms with Crippen molar-refractivity contribution in [1.82, 2.24) is 4.57 Å². The number of ether oxygens (including phenoxy) is 4. The molecule has 1 aliphatic heterocycles. The average molecular weight is 495 g/mol. The first-order valence-electron chi connectivity index (χ1n) is 11.0. The van der Waals surface area contributed by atoms with Crippen molar-refractivity contribution < 1.29 is 23.7 Å². The second-order valence-electron chi connectivity index (χ2n) is 7.69. The molecule has 8 nitrogen and oxygen atoms in total. The van der Waals surface area contributed by atoms with Gasteiger partial charge in [0.2, 0.25) is 0 Å². The van der Waals surface area contributed by atoms with Gasteiger partial charge in [-0.15, -0.1) is 0 Å². The fraction of sp³-hybridized carbons (Fsp3) is 0.269. The highest BCUT2D eigenvalue weighted by Gasteiger charge is 2.33. The Balaban J connectivity index is 1.90. The fourth-order valence-corrected chi connectivity index (χ4v) is 5.04. The van der Waals surface area contributed by atoms with Gasteiger partial charge in [-0.05, 0) is 55.3 Å². The summed E-state index contributed by atoms with van der Waals surface area (Å²) in [5.41, 5.74) is 2.10. The number of thiazole rings is 1. The minimum atomic E-state index is -0.679. The van der Waals surface area contributed by atoms with Crippen molar-refractivity contribution >= 4 is 23.4 Å². The predicted octanol–water partition coefficient (Wildman–Crippen LogP) is 2.82. The Labute approximate surface area is 206 Å². The van der Waals surface area contributed by atoms with E-state index in [1.807, 2.05) is 37.3 Å². The SMILES string of the molecule is CCOc1ccc(/C=c2/sc3n(c2=O)[C@H](c2ccc(OC)cc2)C(C(=O)OC)=C(C)N=3)cc1OC. The van der Waals surface area contributed by atoms with Crippen LogP contribution in [-0.2, 0) is 9.53 Å². The highest BCUT2D eigenvalue weighted by atomic mass is 32.1. The van der Waals surface area contributed by atoms with E-state index in [1.165, 1.54) is 18.4 Å². The molecule has 2 heterocycles. The van der Waals surface area contributed by atoms with Crippen molar-refractivity contribution in [3.05, 3.63) is 84.5 Å². The molecule has 4 rings (SSSR count). The summed E-state index contributed by atoms with van der Waals surface area (Å²) >= 11 is 1.26. The molecule has 0 fully saturated rings. The molecule has 182 valence electrons. The first-order chi connectivity index (χ1) is 16.9. The molecule has 3 aromatic rings. The van der Waals surface area contributed by atoms with Gasteiger partial charge in [0.15, 0.2) is 16.3 Å². The molecule has 0 bridgehead atoms. The van der Waals surface area contributed by atoms with E-state index in [1.54, 1.807) is 43.9 Å². The minimum Gasteiger partial charge on any atom is -0.497 e. The molecule has 0 saturated heterocycles. The summed E-state index contributed by atoms with van der Waals surface area (Å²) in [6.45, 7) is 4.16. The number of carbonyl (C=O) groups excluding carboxylic acids is 1. The van der Waals surface area contributed by atoms with Gasteiger partial charge in [-0.3, -0.25) is 9.36 Å². The number of benzene rings is 2. The van der Waals surface area contributed by atoms with Gasteiger partial charge in [0, 0.05) is 0 Å². The lowest BCUT2D eigenvalue weighted by Gasteiger charge is -2.24. The number of nitrogens with zero attached hydrogens (tertiary/aromatic N) is 2. The third-order valence-corrected chi connectivity index (χ3v) is 6.63. The van der Waals surface area contributed by atoms with E-state index in [-0.39, 0.29) is 5.56 Å². The predicted molar refractivity (Wildman–Crippen MR) is 133 cm³/mol. The lowest BCUT2D eigenvalue weighted by molar-refractivity contribution is -0.136. The molecular weight excluding hydrogens is 468 g/mol. The van der Waals surface area contributed by atoms with Gasteiger partial charge in [0.05, 0.1) is 49.8 Å². The Morgan fingerprint density at radius 1 is 1.09 bits per heavy atom. The molecule has 2 aromatic carbocycles. The Hall–Kier alpha value is -3.85. The molecule has 0 unspecified atom stereocenters. The number of hydrogen-bond donors (Lipinski definition) is 0. The van der Waals surface area contributed by atoms with Gasteiger partial charge < -0.3 is 18.9 Å². The van der Waals surface area contributed by atoms with E-state index in [4.69, 9.17) is 18.9 Å². The van der Waals surface area contributed by atoms with Gasteiger partial charge >= 0.3 is 5.97 Å². The zero-order chi connectivity index (χ0) is 25.1. The van der Waals surface area contributed by atoms with Crippen LogP contribution in [0.5, 0.6) is 17.2 Å². The average Bonchev–Trinajstić information content (AvgIpc) is 3.17. The maximum absolute atomic E-state index is 13.6. The van der Waals surface area contributed by atoms with Crippen LogP contribution in [0, 0.1) is 0 Å². The van der Waals surface area contributed by atoms with Crippen molar-refractivity contribution in [3.63, 3.8) is 0 Å². The Morgan fingerprint density at radius 3 is 2.46 bits per heavy atom. The lowest BCUT2D eigenvalue weighted by Crippen LogP contribution is -2.39. The number of esters is 1. The van der Waals surface area contributed by atoms with Crippen molar-refractivity contribution in [2.24, 2.45) is 4.99 Å². The number of hydrogen-bond acceptors (Lipinski definition) is 8. The molecule has 1 atom stereocenters. The normalized spacial score (nSPS) is 15.3. The van der Waals surface area contributed by atoms with Gasteiger partial charge in [0.1, 0.15) is 5.75 Å². The smallest absolute Gasteiger partial charge is 0.338 e. The van der Waals surface area contributed by atoms with Crippen LogP contribution in [-0.4, -0.2) is 38.5 Å². The van der Waals surface area contributed by atoms with Crippen LogP contribution in [0.15, 0.2) is 63.5 Å². The van der Waals surface area contributed by atoms with Gasteiger partial charge in [-0.2, -0.15) is 0 Å². The van der Waals surface area contributed by atoms with E-state index in [0.29, 0.717) is 44.5 Å². The molecule has 0 saturated carbocycles. The van der Waals surface area contributed by atoms with E-state index in [2.05, 4.69) is 4.99 Å². The molecule has 9 heteroatoms. The maximum Gasteiger partial charge on any atom is 0.338 e. The summed E-state index contributed by atoms with van der Waals surface area (Å²) in [4.78, 5) is 31.5. The second kappa shape index (κ2) is 10.2. The largest absolute Gasteiger partial charge is 0.497 e. The third-order valence-electron chi connectivity index (χ3n) is 5.64. The summed E-state index contributed by atoms with van der Waals surface area (Å²) in [6, 6.07) is 12.1. The number of allylic oxidation sites excluding steroid dienone is 1. The molecule has 0 amide bonds. The van der Waals surface area contributed by atoms with Crippen LogP contribution in [0.25, 0.3) is 6.08 Å². The Bertz CT molecular complexity index is 1470. The molecule has 0 radical (unpaired) electrons. The highest BCUT2D eigenvalue weighted by Crippen LogP contribution is 2.32. The monoisotopic (exact) mass is 494 g/mol. The molecule has 1 aliphatic rings. The van der Waals surface area contributed by atoms with Crippen LogP contribution in [0.2, 0.25) is 0 Å². The highest BCUT2D eigenvalue weighted by molar-refractivity contribution is 7.07. The van der Waals surface area contributed by atoms with Crippen molar-refractivity contribution in [1.29, 1.82) is 0 Å². The van der Waals surface area contributed by atoms with Crippen molar-refractivity contribution in [3.8, 4) is 17.2 Å². The summed E-state index contributed by atoms with van der Waals surface area (Å²) in [6.07, 6.45) is 1.78. The summed E-state index contributed by atoms with van der Waals surface area (Å²) < 4.78 is 23.4. The van der Waals surface area contributed by atoms with E-state index in [0.717, 1.165) is 11.1 Å². The number of rotatable bonds is 7. The number of aromatic nitrogens is 1. The molecule has 0 aliphatic carbocycles. The van der Waals surface area contributed by atoms with Crippen LogP contribution >= 0.6 is 11.3 Å².